The number of aryl methyl sites for hydroxylation is 2. The number of hydrogen-bond donors (Lipinski definition) is 1. The monoisotopic (exact) mass is 336 g/mol. The maximum absolute atomic E-state index is 6.02. The number of ether oxygens (including phenoxy) is 1. The van der Waals surface area contributed by atoms with Gasteiger partial charge in [0.1, 0.15) is 5.01 Å². The third-order valence-corrected chi connectivity index (χ3v) is 5.76. The van der Waals surface area contributed by atoms with Crippen LogP contribution in [0.3, 0.4) is 0 Å². The first-order valence-corrected chi connectivity index (χ1v) is 9.47. The first-order valence-electron chi connectivity index (χ1n) is 8.66. The highest BCUT2D eigenvalue weighted by molar-refractivity contribution is 7.11. The van der Waals surface area contributed by atoms with E-state index >= 15 is 0 Å². The lowest BCUT2D eigenvalue weighted by molar-refractivity contribution is 0.0131. The zero-order chi connectivity index (χ0) is 16.2. The SMILES string of the molecule is CN=C(NCc1nc(C)c(C)s1)N1CCC(OCC2CC2)CC1. The molecule has 1 aromatic rings. The van der Waals surface area contributed by atoms with E-state index in [1.807, 2.05) is 7.05 Å². The van der Waals surface area contributed by atoms with Gasteiger partial charge in [0.05, 0.1) is 18.3 Å². The first-order chi connectivity index (χ1) is 11.2. The van der Waals surface area contributed by atoms with Crippen molar-refractivity contribution in [1.82, 2.24) is 15.2 Å². The van der Waals surface area contributed by atoms with Crippen molar-refractivity contribution in [2.24, 2.45) is 10.9 Å². The summed E-state index contributed by atoms with van der Waals surface area (Å²) >= 11 is 1.76. The van der Waals surface area contributed by atoms with Crippen molar-refractivity contribution < 1.29 is 4.74 Å². The van der Waals surface area contributed by atoms with Crippen LogP contribution in [0.2, 0.25) is 0 Å². The molecule has 5 nitrogen and oxygen atoms in total. The van der Waals surface area contributed by atoms with Gasteiger partial charge in [-0.25, -0.2) is 4.98 Å². The Morgan fingerprint density at radius 2 is 2.04 bits per heavy atom. The Labute approximate surface area is 143 Å². The van der Waals surface area contributed by atoms with Crippen LogP contribution in [0.1, 0.15) is 41.3 Å². The second-order valence-electron chi connectivity index (χ2n) is 6.61. The van der Waals surface area contributed by atoms with Gasteiger partial charge in [-0.15, -0.1) is 11.3 Å². The van der Waals surface area contributed by atoms with E-state index in [-0.39, 0.29) is 0 Å². The summed E-state index contributed by atoms with van der Waals surface area (Å²) in [4.78, 5) is 12.6. The average molecular weight is 337 g/mol. The zero-order valence-corrected chi connectivity index (χ0v) is 15.3. The lowest BCUT2D eigenvalue weighted by Crippen LogP contribution is -2.46. The molecule has 3 rings (SSSR count). The summed E-state index contributed by atoms with van der Waals surface area (Å²) in [5, 5.41) is 4.58. The van der Waals surface area contributed by atoms with Crippen LogP contribution in [-0.2, 0) is 11.3 Å². The smallest absolute Gasteiger partial charge is 0.193 e. The van der Waals surface area contributed by atoms with Crippen LogP contribution < -0.4 is 5.32 Å². The molecule has 2 fully saturated rings. The van der Waals surface area contributed by atoms with Gasteiger partial charge in [0, 0.05) is 31.6 Å². The third kappa shape index (κ3) is 4.67. The van der Waals surface area contributed by atoms with Crippen LogP contribution in [0.5, 0.6) is 0 Å². The molecule has 0 amide bonds. The zero-order valence-electron chi connectivity index (χ0n) is 14.5. The highest BCUT2D eigenvalue weighted by atomic mass is 32.1. The fourth-order valence-electron chi connectivity index (χ4n) is 2.89. The summed E-state index contributed by atoms with van der Waals surface area (Å²) in [6, 6.07) is 0. The normalized spacial score (nSPS) is 20.1. The molecule has 23 heavy (non-hydrogen) atoms. The molecule has 0 bridgehead atoms. The maximum Gasteiger partial charge on any atom is 0.193 e. The Balaban J connectivity index is 1.43. The van der Waals surface area contributed by atoms with Crippen molar-refractivity contribution in [3.63, 3.8) is 0 Å². The molecule has 0 unspecified atom stereocenters. The van der Waals surface area contributed by atoms with E-state index in [9.17, 15) is 0 Å². The van der Waals surface area contributed by atoms with Gasteiger partial charge in [-0.3, -0.25) is 4.99 Å². The minimum Gasteiger partial charge on any atom is -0.378 e. The highest BCUT2D eigenvalue weighted by Gasteiger charge is 2.26. The van der Waals surface area contributed by atoms with Gasteiger partial charge in [0.2, 0.25) is 0 Å². The predicted octanol–water partition coefficient (Wildman–Crippen LogP) is 2.73. The van der Waals surface area contributed by atoms with Crippen LogP contribution in [0.4, 0.5) is 0 Å². The van der Waals surface area contributed by atoms with Gasteiger partial charge in [0.15, 0.2) is 5.96 Å². The molecule has 1 saturated carbocycles. The quantitative estimate of drug-likeness (QED) is 0.663. The topological polar surface area (TPSA) is 49.8 Å². The van der Waals surface area contributed by atoms with E-state index in [4.69, 9.17) is 4.74 Å². The molecule has 0 atom stereocenters. The van der Waals surface area contributed by atoms with Gasteiger partial charge in [0.25, 0.3) is 0 Å². The first kappa shape index (κ1) is 16.7. The standard InChI is InChI=1S/C17H28N4OS/c1-12-13(2)23-16(20-12)10-19-17(18-3)21-8-6-15(7-9-21)22-11-14-4-5-14/h14-15H,4-11H2,1-3H3,(H,18,19). The number of hydrogen-bond acceptors (Lipinski definition) is 4. The lowest BCUT2D eigenvalue weighted by Gasteiger charge is -2.34. The van der Waals surface area contributed by atoms with Gasteiger partial charge >= 0.3 is 0 Å². The molecule has 0 aromatic carbocycles. The lowest BCUT2D eigenvalue weighted by atomic mass is 10.1. The molecular weight excluding hydrogens is 308 g/mol. The molecule has 1 aliphatic heterocycles. The number of guanidine groups is 1. The number of aliphatic imine (C=N–C) groups is 1. The maximum atomic E-state index is 6.02. The molecule has 6 heteroatoms. The van der Waals surface area contributed by atoms with Crippen molar-refractivity contribution >= 4 is 17.3 Å². The largest absolute Gasteiger partial charge is 0.378 e. The summed E-state index contributed by atoms with van der Waals surface area (Å²) < 4.78 is 6.02. The molecular formula is C17H28N4OS. The number of likely N-dealkylation sites (tertiary alicyclic amines) is 1. The number of aromatic nitrogens is 1. The molecule has 1 saturated heterocycles. The fourth-order valence-corrected chi connectivity index (χ4v) is 3.77. The van der Waals surface area contributed by atoms with Crippen molar-refractivity contribution in [2.45, 2.75) is 52.2 Å². The molecule has 2 heterocycles. The van der Waals surface area contributed by atoms with Gasteiger partial charge in [-0.05, 0) is 45.4 Å². The van der Waals surface area contributed by atoms with Crippen LogP contribution >= 0.6 is 11.3 Å². The predicted molar refractivity (Wildman–Crippen MR) is 95.1 cm³/mol. The number of thiazole rings is 1. The van der Waals surface area contributed by atoms with E-state index in [0.29, 0.717) is 6.10 Å². The van der Waals surface area contributed by atoms with Gasteiger partial charge in [-0.1, -0.05) is 0 Å². The Bertz CT molecular complexity index is 525. The minimum atomic E-state index is 0.439. The van der Waals surface area contributed by atoms with E-state index in [1.54, 1.807) is 11.3 Å². The summed E-state index contributed by atoms with van der Waals surface area (Å²) in [6.45, 7) is 7.95. The second kappa shape index (κ2) is 7.62. The summed E-state index contributed by atoms with van der Waals surface area (Å²) in [5.41, 5.74) is 1.13. The molecule has 1 N–H and O–H groups in total. The van der Waals surface area contributed by atoms with Crippen LogP contribution in [0.15, 0.2) is 4.99 Å². The number of nitrogens with one attached hydrogen (secondary N) is 1. The Hall–Kier alpha value is -1.14. The summed E-state index contributed by atoms with van der Waals surface area (Å²) in [6.07, 6.45) is 5.37. The molecule has 0 radical (unpaired) electrons. The van der Waals surface area contributed by atoms with Crippen LogP contribution in [0.25, 0.3) is 0 Å². The van der Waals surface area contributed by atoms with Crippen molar-refractivity contribution in [2.75, 3.05) is 26.7 Å². The van der Waals surface area contributed by atoms with Gasteiger partial charge in [-0.2, -0.15) is 0 Å². The molecule has 1 aromatic heterocycles. The summed E-state index contributed by atoms with van der Waals surface area (Å²) in [5.74, 6) is 1.84. The van der Waals surface area contributed by atoms with E-state index < -0.39 is 0 Å². The van der Waals surface area contributed by atoms with E-state index in [0.717, 1.165) is 61.7 Å². The van der Waals surface area contributed by atoms with Crippen molar-refractivity contribution in [1.29, 1.82) is 0 Å². The third-order valence-electron chi connectivity index (χ3n) is 4.69. The van der Waals surface area contributed by atoms with Gasteiger partial charge < -0.3 is 15.0 Å². The number of rotatable bonds is 5. The van der Waals surface area contributed by atoms with E-state index in [1.165, 1.54) is 17.7 Å². The van der Waals surface area contributed by atoms with Crippen molar-refractivity contribution in [3.05, 3.63) is 15.6 Å². The number of piperidine rings is 1. The molecule has 1 aliphatic carbocycles. The fraction of sp³-hybridized carbons (Fsp3) is 0.765. The van der Waals surface area contributed by atoms with Crippen LogP contribution in [-0.4, -0.2) is 48.7 Å². The average Bonchev–Trinajstić information content (AvgIpc) is 3.33. The summed E-state index contributed by atoms with van der Waals surface area (Å²) in [7, 11) is 1.86. The second-order valence-corrected chi connectivity index (χ2v) is 7.90. The molecule has 2 aliphatic rings. The van der Waals surface area contributed by atoms with Crippen molar-refractivity contribution in [3.8, 4) is 0 Å². The Morgan fingerprint density at radius 1 is 1.30 bits per heavy atom. The highest BCUT2D eigenvalue weighted by Crippen LogP contribution is 2.30. The molecule has 0 spiro atoms. The van der Waals surface area contributed by atoms with E-state index in [2.05, 4.69) is 34.0 Å². The minimum absolute atomic E-state index is 0.439. The molecule has 128 valence electrons. The Morgan fingerprint density at radius 3 is 2.61 bits per heavy atom. The van der Waals surface area contributed by atoms with Crippen LogP contribution in [0, 0.1) is 19.8 Å². The number of nitrogens with zero attached hydrogens (tertiary/aromatic N) is 3. The Kier molecular flexibility index (Phi) is 5.54.